The Morgan fingerprint density at radius 2 is 1.79 bits per heavy atom. The Morgan fingerprint density at radius 1 is 1.29 bits per heavy atom. The van der Waals surface area contributed by atoms with Crippen LogP contribution < -0.4 is 0 Å². The first-order valence-electron chi connectivity index (χ1n) is 4.18. The van der Waals surface area contributed by atoms with Gasteiger partial charge in [0.1, 0.15) is 5.82 Å². The van der Waals surface area contributed by atoms with E-state index in [9.17, 15) is 9.18 Å². The van der Waals surface area contributed by atoms with E-state index in [0.29, 0.717) is 0 Å². The maximum absolute atomic E-state index is 12.8. The van der Waals surface area contributed by atoms with E-state index in [1.165, 1.54) is 13.0 Å². The van der Waals surface area contributed by atoms with Crippen molar-refractivity contribution in [2.45, 2.75) is 20.8 Å². The highest BCUT2D eigenvalue weighted by molar-refractivity contribution is 6.39. The monoisotopic (exact) mass is 236 g/mol. The third kappa shape index (κ3) is 2.96. The van der Waals surface area contributed by atoms with Crippen molar-refractivity contribution in [1.82, 2.24) is 0 Å². The number of halogens is 3. The van der Waals surface area contributed by atoms with Gasteiger partial charge in [0.15, 0.2) is 5.78 Å². The molecule has 0 spiro atoms. The van der Waals surface area contributed by atoms with Crippen molar-refractivity contribution < 1.29 is 9.18 Å². The van der Waals surface area contributed by atoms with Gasteiger partial charge in [0.2, 0.25) is 0 Å². The number of carbonyl (C=O) groups excluding carboxylic acids is 1. The van der Waals surface area contributed by atoms with Crippen LogP contribution in [0.4, 0.5) is 4.39 Å². The lowest BCUT2D eigenvalue weighted by Gasteiger charge is -2.02. The second-order valence-corrected chi connectivity index (χ2v) is 3.06. The zero-order valence-electron chi connectivity index (χ0n) is 8.20. The molecule has 0 atom stereocenters. The SMILES string of the molecule is CC.CC(=O)c1c(Cl)ccc(F)c1Cl. The van der Waals surface area contributed by atoms with E-state index in [2.05, 4.69) is 0 Å². The van der Waals surface area contributed by atoms with Gasteiger partial charge in [-0.3, -0.25) is 4.79 Å². The molecule has 0 heterocycles. The van der Waals surface area contributed by atoms with E-state index in [-0.39, 0.29) is 21.4 Å². The molecule has 1 rings (SSSR count). The van der Waals surface area contributed by atoms with Gasteiger partial charge in [-0.1, -0.05) is 37.0 Å². The van der Waals surface area contributed by atoms with Crippen molar-refractivity contribution in [2.75, 3.05) is 0 Å². The molecule has 0 aromatic heterocycles. The summed E-state index contributed by atoms with van der Waals surface area (Å²) in [5.74, 6) is -0.976. The summed E-state index contributed by atoms with van der Waals surface area (Å²) >= 11 is 11.1. The predicted octanol–water partition coefficient (Wildman–Crippen LogP) is 4.36. The summed E-state index contributed by atoms with van der Waals surface area (Å²) in [7, 11) is 0. The first-order valence-corrected chi connectivity index (χ1v) is 4.94. The quantitative estimate of drug-likeness (QED) is 0.523. The molecule has 0 unspecified atom stereocenters. The van der Waals surface area contributed by atoms with Crippen molar-refractivity contribution in [3.63, 3.8) is 0 Å². The van der Waals surface area contributed by atoms with Gasteiger partial charge < -0.3 is 0 Å². The number of carbonyl (C=O) groups is 1. The number of Topliss-reactive ketones (excluding diaryl/α,β-unsaturated/α-hetero) is 1. The van der Waals surface area contributed by atoms with Crippen LogP contribution in [0.3, 0.4) is 0 Å². The van der Waals surface area contributed by atoms with Crippen LogP contribution in [0.1, 0.15) is 31.1 Å². The fourth-order valence-corrected chi connectivity index (χ4v) is 1.49. The molecule has 4 heteroatoms. The Hall–Kier alpha value is -0.600. The molecule has 0 aliphatic rings. The van der Waals surface area contributed by atoms with Crippen LogP contribution in [0.25, 0.3) is 0 Å². The zero-order valence-corrected chi connectivity index (χ0v) is 9.71. The number of hydrogen-bond acceptors (Lipinski definition) is 1. The number of ketones is 1. The van der Waals surface area contributed by atoms with Gasteiger partial charge in [0, 0.05) is 0 Å². The lowest BCUT2D eigenvalue weighted by Crippen LogP contribution is -1.96. The largest absolute Gasteiger partial charge is 0.294 e. The average molecular weight is 237 g/mol. The van der Waals surface area contributed by atoms with Gasteiger partial charge in [-0.25, -0.2) is 4.39 Å². The molecule has 0 saturated heterocycles. The third-order valence-corrected chi connectivity index (χ3v) is 2.08. The highest BCUT2D eigenvalue weighted by atomic mass is 35.5. The molecule has 0 N–H and O–H groups in total. The Balaban J connectivity index is 0.000000791. The summed E-state index contributed by atoms with van der Waals surface area (Å²) in [5.41, 5.74) is 0.0401. The molecule has 0 saturated carbocycles. The smallest absolute Gasteiger partial charge is 0.162 e. The van der Waals surface area contributed by atoms with Gasteiger partial charge in [-0.15, -0.1) is 0 Å². The predicted molar refractivity (Wildman–Crippen MR) is 57.8 cm³/mol. The Kier molecular flexibility index (Phi) is 5.73. The topological polar surface area (TPSA) is 17.1 Å². The summed E-state index contributed by atoms with van der Waals surface area (Å²) in [4.78, 5) is 10.9. The summed E-state index contributed by atoms with van der Waals surface area (Å²) < 4.78 is 12.8. The molecule has 1 aromatic carbocycles. The molecular formula is C10H11Cl2FO. The van der Waals surface area contributed by atoms with Gasteiger partial charge in [0.05, 0.1) is 15.6 Å². The minimum Gasteiger partial charge on any atom is -0.294 e. The van der Waals surface area contributed by atoms with Crippen LogP contribution >= 0.6 is 23.2 Å². The maximum Gasteiger partial charge on any atom is 0.162 e. The molecule has 14 heavy (non-hydrogen) atoms. The number of benzene rings is 1. The van der Waals surface area contributed by atoms with Gasteiger partial charge in [-0.2, -0.15) is 0 Å². The normalized spacial score (nSPS) is 9.00. The van der Waals surface area contributed by atoms with Crippen molar-refractivity contribution in [2.24, 2.45) is 0 Å². The second kappa shape index (κ2) is 5.99. The van der Waals surface area contributed by atoms with E-state index < -0.39 is 5.82 Å². The van der Waals surface area contributed by atoms with Crippen LogP contribution in [0.5, 0.6) is 0 Å². The highest BCUT2D eigenvalue weighted by Crippen LogP contribution is 2.27. The van der Waals surface area contributed by atoms with Crippen LogP contribution in [-0.2, 0) is 0 Å². The van der Waals surface area contributed by atoms with Gasteiger partial charge in [0.25, 0.3) is 0 Å². The molecule has 0 aliphatic carbocycles. The van der Waals surface area contributed by atoms with Crippen LogP contribution in [0.15, 0.2) is 12.1 Å². The van der Waals surface area contributed by atoms with E-state index in [0.717, 1.165) is 6.07 Å². The van der Waals surface area contributed by atoms with Crippen molar-refractivity contribution in [3.8, 4) is 0 Å². The summed E-state index contributed by atoms with van der Waals surface area (Å²) in [5, 5.41) is -0.0381. The molecule has 0 radical (unpaired) electrons. The van der Waals surface area contributed by atoms with Crippen molar-refractivity contribution >= 4 is 29.0 Å². The highest BCUT2D eigenvalue weighted by Gasteiger charge is 2.13. The first kappa shape index (κ1) is 13.4. The molecule has 0 bridgehead atoms. The molecule has 0 fully saturated rings. The number of rotatable bonds is 1. The summed E-state index contributed by atoms with van der Waals surface area (Å²) in [6, 6.07) is 2.43. The van der Waals surface area contributed by atoms with Gasteiger partial charge in [-0.05, 0) is 19.1 Å². The Labute approximate surface area is 92.8 Å². The molecule has 0 amide bonds. The first-order chi connectivity index (χ1) is 6.54. The van der Waals surface area contributed by atoms with Gasteiger partial charge >= 0.3 is 0 Å². The fraction of sp³-hybridized carbons (Fsp3) is 0.300. The molecular weight excluding hydrogens is 226 g/mol. The minimum absolute atomic E-state index is 0.0401. The average Bonchev–Trinajstić information content (AvgIpc) is 2.15. The maximum atomic E-state index is 12.8. The van der Waals surface area contributed by atoms with E-state index in [1.54, 1.807) is 0 Å². The van der Waals surface area contributed by atoms with Crippen LogP contribution in [-0.4, -0.2) is 5.78 Å². The van der Waals surface area contributed by atoms with Crippen molar-refractivity contribution in [3.05, 3.63) is 33.6 Å². The van der Waals surface area contributed by atoms with E-state index in [4.69, 9.17) is 23.2 Å². The molecule has 1 aromatic rings. The van der Waals surface area contributed by atoms with Crippen LogP contribution in [0.2, 0.25) is 10.0 Å². The number of hydrogen-bond donors (Lipinski definition) is 0. The minimum atomic E-state index is -0.633. The molecule has 0 aliphatic heterocycles. The lowest BCUT2D eigenvalue weighted by molar-refractivity contribution is 0.101. The Morgan fingerprint density at radius 3 is 2.14 bits per heavy atom. The summed E-state index contributed by atoms with van der Waals surface area (Å²) in [6.07, 6.45) is 0. The van der Waals surface area contributed by atoms with Crippen LogP contribution in [0, 0.1) is 5.82 Å². The van der Waals surface area contributed by atoms with Crippen molar-refractivity contribution in [1.29, 1.82) is 0 Å². The van der Waals surface area contributed by atoms with E-state index >= 15 is 0 Å². The molecule has 1 nitrogen and oxygen atoms in total. The lowest BCUT2D eigenvalue weighted by atomic mass is 10.1. The standard InChI is InChI=1S/C8H5Cl2FO.C2H6/c1-4(12)7-5(9)2-3-6(11)8(7)10;1-2/h2-3H,1H3;1-2H3. The fourth-order valence-electron chi connectivity index (χ4n) is 0.850. The molecule has 78 valence electrons. The third-order valence-electron chi connectivity index (χ3n) is 1.40. The second-order valence-electron chi connectivity index (χ2n) is 2.27. The Bertz CT molecular complexity index is 337. The zero-order chi connectivity index (χ0) is 11.3. The summed E-state index contributed by atoms with van der Waals surface area (Å²) in [6.45, 7) is 5.28. The van der Waals surface area contributed by atoms with E-state index in [1.807, 2.05) is 13.8 Å².